The summed E-state index contributed by atoms with van der Waals surface area (Å²) >= 11 is 0. The molecule has 0 aliphatic carbocycles. The maximum absolute atomic E-state index is 14.4. The molecule has 0 saturated carbocycles. The molecule has 3 aromatic carbocycles. The second-order valence-electron chi connectivity index (χ2n) is 11.7. The number of morpholine rings is 2. The largest absolute Gasteiger partial charge is 0.357 e. The molecule has 3 aromatic rings. The van der Waals surface area contributed by atoms with Crippen molar-refractivity contribution in [2.24, 2.45) is 0 Å². The molecule has 43 heavy (non-hydrogen) atoms. The van der Waals surface area contributed by atoms with E-state index in [4.69, 9.17) is 18.9 Å². The van der Waals surface area contributed by atoms with E-state index in [0.29, 0.717) is 13.0 Å². The molecule has 1 N–H and O–H groups in total. The second kappa shape index (κ2) is 12.2. The quantitative estimate of drug-likeness (QED) is 0.436. The van der Waals surface area contributed by atoms with Crippen LogP contribution in [0.5, 0.6) is 0 Å². The van der Waals surface area contributed by atoms with Crippen LogP contribution in [0.25, 0.3) is 0 Å². The number of likely N-dealkylation sites (N-methyl/N-ethyl adjacent to an activating group) is 1. The fourth-order valence-electron chi connectivity index (χ4n) is 6.82. The highest BCUT2D eigenvalue weighted by atomic mass is 16.7. The smallest absolute Gasteiger partial charge is 0.255 e. The first kappa shape index (κ1) is 28.2. The zero-order valence-electron chi connectivity index (χ0n) is 24.2. The molecule has 9 nitrogen and oxygen atoms in total. The Labute approximate surface area is 251 Å². The molecule has 0 radical (unpaired) electrons. The molecule has 0 aromatic heterocycles. The van der Waals surface area contributed by atoms with Gasteiger partial charge >= 0.3 is 0 Å². The highest BCUT2D eigenvalue weighted by Crippen LogP contribution is 2.37. The van der Waals surface area contributed by atoms with Crippen LogP contribution in [0.15, 0.2) is 91.0 Å². The van der Waals surface area contributed by atoms with Crippen LogP contribution in [0.3, 0.4) is 0 Å². The first-order valence-electron chi connectivity index (χ1n) is 15.1. The molecule has 4 aliphatic rings. The average molecular weight is 584 g/mol. The van der Waals surface area contributed by atoms with Crippen LogP contribution in [0.4, 0.5) is 0 Å². The first-order valence-corrected chi connectivity index (χ1v) is 15.1. The lowest BCUT2D eigenvalue weighted by molar-refractivity contribution is -0.177. The molecule has 8 atom stereocenters. The number of nitrogens with one attached hydrogen (secondary N) is 1. The number of amides is 2. The van der Waals surface area contributed by atoms with Crippen LogP contribution in [0.2, 0.25) is 0 Å². The summed E-state index contributed by atoms with van der Waals surface area (Å²) in [6.45, 7) is 1.54. The second-order valence-corrected chi connectivity index (χ2v) is 11.7. The Morgan fingerprint density at radius 1 is 0.674 bits per heavy atom. The summed E-state index contributed by atoms with van der Waals surface area (Å²) in [5.74, 6) is -0.398. The minimum Gasteiger partial charge on any atom is -0.357 e. The number of carbonyl (C=O) groups excluding carboxylic acids is 2. The monoisotopic (exact) mass is 583 g/mol. The highest BCUT2D eigenvalue weighted by Gasteiger charge is 2.56. The summed E-state index contributed by atoms with van der Waals surface area (Å²) in [5.41, 5.74) is 3.45. The van der Waals surface area contributed by atoms with Gasteiger partial charge in [0.05, 0.1) is 18.6 Å². The van der Waals surface area contributed by atoms with Gasteiger partial charge in [0.25, 0.3) is 11.8 Å². The van der Waals surface area contributed by atoms with Gasteiger partial charge in [-0.15, -0.1) is 0 Å². The lowest BCUT2D eigenvalue weighted by atomic mass is 9.99. The van der Waals surface area contributed by atoms with E-state index in [2.05, 4.69) is 34.5 Å². The molecule has 4 saturated heterocycles. The Morgan fingerprint density at radius 3 is 1.79 bits per heavy atom. The third kappa shape index (κ3) is 5.71. The Morgan fingerprint density at radius 2 is 1.19 bits per heavy atom. The van der Waals surface area contributed by atoms with Crippen LogP contribution < -0.4 is 5.32 Å². The number of ether oxygens (including phenoxy) is 4. The summed E-state index contributed by atoms with van der Waals surface area (Å²) in [7, 11) is 1.58. The van der Waals surface area contributed by atoms with Crippen molar-refractivity contribution in [3.63, 3.8) is 0 Å². The standard InChI is InChI=1S/C34H37N3O6/c1-35-31(38)29-28-21-37(26(34(41-28)42-29)18-23-13-7-3-8-14-23)32(39)30-27-20-36(19-24-15-9-4-10-16-24)25(33(40-27)43-30)17-22-11-5-2-6-12-22/h2-16,25-30,33-34H,17-21H2,1H3,(H,35,38)/t25?,26?,27-,28-,29-,30-,33-,34-/m1/s1. The normalized spacial score (nSPS) is 31.6. The number of hydrogen-bond donors (Lipinski definition) is 1. The predicted octanol–water partition coefficient (Wildman–Crippen LogP) is 2.53. The van der Waals surface area contributed by atoms with Crippen molar-refractivity contribution in [1.29, 1.82) is 0 Å². The van der Waals surface area contributed by atoms with Crippen molar-refractivity contribution in [3.8, 4) is 0 Å². The van der Waals surface area contributed by atoms with E-state index >= 15 is 0 Å². The molecule has 4 aliphatic heterocycles. The third-order valence-corrected chi connectivity index (χ3v) is 8.98. The van der Waals surface area contributed by atoms with Gasteiger partial charge < -0.3 is 29.2 Å². The minimum atomic E-state index is -0.775. The van der Waals surface area contributed by atoms with E-state index in [9.17, 15) is 9.59 Å². The van der Waals surface area contributed by atoms with E-state index in [1.165, 1.54) is 11.1 Å². The first-order chi connectivity index (χ1) is 21.1. The van der Waals surface area contributed by atoms with E-state index in [1.807, 2.05) is 71.6 Å². The summed E-state index contributed by atoms with van der Waals surface area (Å²) in [6, 6.07) is 30.2. The lowest BCUT2D eigenvalue weighted by Crippen LogP contribution is -2.59. The summed E-state index contributed by atoms with van der Waals surface area (Å²) in [6.07, 6.45) is -2.50. The van der Waals surface area contributed by atoms with E-state index in [-0.39, 0.29) is 24.4 Å². The number of hydrogen-bond acceptors (Lipinski definition) is 7. The van der Waals surface area contributed by atoms with Crippen molar-refractivity contribution < 1.29 is 28.5 Å². The summed E-state index contributed by atoms with van der Waals surface area (Å²) in [4.78, 5) is 31.2. The Bertz CT molecular complexity index is 1410. The zero-order chi connectivity index (χ0) is 29.3. The van der Waals surface area contributed by atoms with E-state index in [1.54, 1.807) is 7.05 Å². The summed E-state index contributed by atoms with van der Waals surface area (Å²) in [5, 5.41) is 2.67. The molecule has 9 heteroatoms. The Balaban J connectivity index is 1.15. The number of rotatable bonds is 8. The molecular weight excluding hydrogens is 546 g/mol. The molecule has 2 amide bonds. The van der Waals surface area contributed by atoms with Gasteiger partial charge in [-0.3, -0.25) is 14.5 Å². The van der Waals surface area contributed by atoms with Crippen LogP contribution in [-0.2, 0) is 47.9 Å². The Kier molecular flexibility index (Phi) is 7.99. The lowest BCUT2D eigenvalue weighted by Gasteiger charge is -2.40. The summed E-state index contributed by atoms with van der Waals surface area (Å²) < 4.78 is 25.2. The molecule has 4 fully saturated rings. The maximum Gasteiger partial charge on any atom is 0.255 e. The van der Waals surface area contributed by atoms with Crippen LogP contribution >= 0.6 is 0 Å². The van der Waals surface area contributed by atoms with E-state index in [0.717, 1.165) is 18.5 Å². The molecular formula is C34H37N3O6. The van der Waals surface area contributed by atoms with Gasteiger partial charge in [-0.2, -0.15) is 0 Å². The minimum absolute atomic E-state index is 0.0568. The van der Waals surface area contributed by atoms with Crippen LogP contribution in [0, 0.1) is 0 Å². The van der Waals surface area contributed by atoms with Crippen molar-refractivity contribution in [2.75, 3.05) is 20.1 Å². The van der Waals surface area contributed by atoms with Gasteiger partial charge in [0.1, 0.15) is 12.2 Å². The average Bonchev–Trinajstić information content (AvgIpc) is 3.59. The van der Waals surface area contributed by atoms with Crippen LogP contribution in [-0.4, -0.2) is 90.8 Å². The molecule has 0 spiro atoms. The number of nitrogens with zero attached hydrogens (tertiary/aromatic N) is 2. The number of benzene rings is 3. The van der Waals surface area contributed by atoms with Crippen molar-refractivity contribution in [3.05, 3.63) is 108 Å². The van der Waals surface area contributed by atoms with Crippen molar-refractivity contribution in [2.45, 2.75) is 68.5 Å². The van der Waals surface area contributed by atoms with Gasteiger partial charge in [-0.1, -0.05) is 91.0 Å². The fourth-order valence-corrected chi connectivity index (χ4v) is 6.82. The predicted molar refractivity (Wildman–Crippen MR) is 158 cm³/mol. The highest BCUT2D eigenvalue weighted by molar-refractivity contribution is 5.84. The zero-order valence-corrected chi connectivity index (χ0v) is 24.2. The topological polar surface area (TPSA) is 89.6 Å². The fraction of sp³-hybridized carbons (Fsp3) is 0.412. The maximum atomic E-state index is 14.4. The number of fused-ring (bicyclic) bond motifs is 4. The molecule has 7 rings (SSSR count). The molecule has 4 bridgehead atoms. The molecule has 2 unspecified atom stereocenters. The Hall–Kier alpha value is -3.60. The van der Waals surface area contributed by atoms with Crippen LogP contribution in [0.1, 0.15) is 16.7 Å². The van der Waals surface area contributed by atoms with Gasteiger partial charge in [0.2, 0.25) is 0 Å². The van der Waals surface area contributed by atoms with Gasteiger partial charge in [0.15, 0.2) is 24.8 Å². The van der Waals surface area contributed by atoms with Gasteiger partial charge in [-0.05, 0) is 29.5 Å². The SMILES string of the molecule is CNC(=O)[C@@H]1O[C@H]2O[C@@H]1CN(C(=O)[C@@H]1O[C@H]3O[C@@H]1CN(Cc1ccccc1)C3Cc1ccccc1)C2Cc1ccccc1. The third-order valence-electron chi connectivity index (χ3n) is 8.98. The number of carbonyl (C=O) groups is 2. The molecule has 224 valence electrons. The van der Waals surface area contributed by atoms with E-state index < -0.39 is 43.0 Å². The van der Waals surface area contributed by atoms with Gasteiger partial charge in [0, 0.05) is 20.1 Å². The van der Waals surface area contributed by atoms with Crippen molar-refractivity contribution >= 4 is 11.8 Å². The molecule has 4 heterocycles. The van der Waals surface area contributed by atoms with Crippen molar-refractivity contribution in [1.82, 2.24) is 15.1 Å². The van der Waals surface area contributed by atoms with Gasteiger partial charge in [-0.25, -0.2) is 0 Å².